The van der Waals surface area contributed by atoms with E-state index in [2.05, 4.69) is 65.0 Å². The van der Waals surface area contributed by atoms with Crippen LogP contribution in [0.4, 0.5) is 0 Å². The average molecular weight is 314 g/mol. The number of hydrogen-bond donors (Lipinski definition) is 0. The van der Waals surface area contributed by atoms with Crippen molar-refractivity contribution in [3.63, 3.8) is 0 Å². The summed E-state index contributed by atoms with van der Waals surface area (Å²) < 4.78 is 12.0. The van der Waals surface area contributed by atoms with Crippen molar-refractivity contribution in [2.24, 2.45) is 5.41 Å². The number of methoxy groups -OCH3 is 1. The molecule has 126 valence electrons. The van der Waals surface area contributed by atoms with Gasteiger partial charge in [-0.1, -0.05) is 45.0 Å². The zero-order valence-corrected chi connectivity index (χ0v) is 15.4. The molecule has 0 bridgehead atoms. The maximum Gasteiger partial charge on any atom is 0.127 e. The number of rotatable bonds is 7. The lowest BCUT2D eigenvalue weighted by atomic mass is 9.85. The van der Waals surface area contributed by atoms with Crippen LogP contribution in [0.5, 0.6) is 5.75 Å². The van der Waals surface area contributed by atoms with Gasteiger partial charge < -0.3 is 9.47 Å². The largest absolute Gasteiger partial charge is 0.496 e. The molecule has 0 heterocycles. The summed E-state index contributed by atoms with van der Waals surface area (Å²) in [6.07, 6.45) is 2.25. The average Bonchev–Trinajstić information content (AvgIpc) is 2.58. The van der Waals surface area contributed by atoms with Gasteiger partial charge in [0.15, 0.2) is 0 Å². The Morgan fingerprint density at radius 3 is 2.22 bits per heavy atom. The third-order valence-corrected chi connectivity index (χ3v) is 5.23. The van der Waals surface area contributed by atoms with Crippen LogP contribution in [0.25, 0.3) is 10.8 Å². The molecule has 0 aliphatic rings. The minimum Gasteiger partial charge on any atom is -0.496 e. The lowest BCUT2D eigenvalue weighted by Crippen LogP contribution is -2.30. The zero-order valence-electron chi connectivity index (χ0n) is 15.4. The van der Waals surface area contributed by atoms with Crippen LogP contribution in [-0.4, -0.2) is 13.7 Å². The van der Waals surface area contributed by atoms with E-state index < -0.39 is 0 Å². The fourth-order valence-corrected chi connectivity index (χ4v) is 2.68. The van der Waals surface area contributed by atoms with Crippen molar-refractivity contribution in [3.8, 4) is 5.75 Å². The summed E-state index contributed by atoms with van der Waals surface area (Å²) in [4.78, 5) is 0. The molecule has 2 aromatic rings. The first kappa shape index (κ1) is 17.8. The van der Waals surface area contributed by atoms with E-state index in [-0.39, 0.29) is 11.0 Å². The summed E-state index contributed by atoms with van der Waals surface area (Å²) in [6, 6.07) is 12.6. The topological polar surface area (TPSA) is 18.5 Å². The van der Waals surface area contributed by atoms with Crippen molar-refractivity contribution < 1.29 is 9.47 Å². The Kier molecular flexibility index (Phi) is 5.36. The van der Waals surface area contributed by atoms with Gasteiger partial charge in [-0.25, -0.2) is 0 Å². The van der Waals surface area contributed by atoms with Crippen molar-refractivity contribution in [1.82, 2.24) is 0 Å². The van der Waals surface area contributed by atoms with Gasteiger partial charge in [-0.2, -0.15) is 0 Å². The van der Waals surface area contributed by atoms with E-state index in [1.165, 1.54) is 5.39 Å². The van der Waals surface area contributed by atoms with E-state index in [4.69, 9.17) is 9.47 Å². The molecule has 0 amide bonds. The highest BCUT2D eigenvalue weighted by atomic mass is 16.5. The van der Waals surface area contributed by atoms with Gasteiger partial charge in [-0.15, -0.1) is 0 Å². The summed E-state index contributed by atoms with van der Waals surface area (Å²) in [6.45, 7) is 11.8. The van der Waals surface area contributed by atoms with Crippen molar-refractivity contribution in [2.45, 2.75) is 53.1 Å². The summed E-state index contributed by atoms with van der Waals surface area (Å²) in [5, 5.41) is 2.33. The number of benzene rings is 2. The predicted octanol–water partition coefficient (Wildman–Crippen LogP) is 5.93. The first-order valence-electron chi connectivity index (χ1n) is 8.56. The molecule has 2 rings (SSSR count). The maximum absolute atomic E-state index is 6.36. The molecule has 0 N–H and O–H groups in total. The molecule has 23 heavy (non-hydrogen) atoms. The molecule has 2 nitrogen and oxygen atoms in total. The van der Waals surface area contributed by atoms with E-state index in [0.29, 0.717) is 0 Å². The minimum absolute atomic E-state index is 0.234. The molecule has 0 atom stereocenters. The highest BCUT2D eigenvalue weighted by Gasteiger charge is 2.28. The Balaban J connectivity index is 2.34. The SMILES string of the molecule is CCC(C)(CC)COC(C)(C)c1cc(OC)c2ccccc2c1. The maximum atomic E-state index is 6.36. The number of hydrogen-bond acceptors (Lipinski definition) is 2. The van der Waals surface area contributed by atoms with Gasteiger partial charge in [-0.05, 0) is 55.2 Å². The molecule has 0 radical (unpaired) electrons. The van der Waals surface area contributed by atoms with E-state index in [1.807, 2.05) is 6.07 Å². The molecule has 2 aromatic carbocycles. The van der Waals surface area contributed by atoms with Crippen LogP contribution in [0.3, 0.4) is 0 Å². The molecular formula is C21H30O2. The summed E-state index contributed by atoms with van der Waals surface area (Å²) in [7, 11) is 1.73. The smallest absolute Gasteiger partial charge is 0.127 e. The van der Waals surface area contributed by atoms with Gasteiger partial charge >= 0.3 is 0 Å². The Morgan fingerprint density at radius 2 is 1.61 bits per heavy atom. The van der Waals surface area contributed by atoms with Crippen molar-refractivity contribution in [3.05, 3.63) is 42.0 Å². The van der Waals surface area contributed by atoms with Crippen LogP contribution in [0, 0.1) is 5.41 Å². The third kappa shape index (κ3) is 3.87. The molecule has 0 saturated heterocycles. The molecule has 0 unspecified atom stereocenters. The summed E-state index contributed by atoms with van der Waals surface area (Å²) in [5.41, 5.74) is 1.05. The number of ether oxygens (including phenoxy) is 2. The Hall–Kier alpha value is -1.54. The van der Waals surface area contributed by atoms with Crippen LogP contribution in [0.1, 0.15) is 53.0 Å². The van der Waals surface area contributed by atoms with Crippen molar-refractivity contribution >= 4 is 10.8 Å². The van der Waals surface area contributed by atoms with Crippen LogP contribution < -0.4 is 4.74 Å². The van der Waals surface area contributed by atoms with Gasteiger partial charge in [0.25, 0.3) is 0 Å². The van der Waals surface area contributed by atoms with Gasteiger partial charge in [-0.3, -0.25) is 0 Å². The third-order valence-electron chi connectivity index (χ3n) is 5.23. The minimum atomic E-state index is -0.344. The van der Waals surface area contributed by atoms with Crippen molar-refractivity contribution in [2.75, 3.05) is 13.7 Å². The summed E-state index contributed by atoms with van der Waals surface area (Å²) >= 11 is 0. The summed E-state index contributed by atoms with van der Waals surface area (Å²) in [5.74, 6) is 0.906. The fraction of sp³-hybridized carbons (Fsp3) is 0.524. The van der Waals surface area contributed by atoms with Crippen molar-refractivity contribution in [1.29, 1.82) is 0 Å². The fourth-order valence-electron chi connectivity index (χ4n) is 2.68. The molecule has 0 fully saturated rings. The first-order chi connectivity index (χ1) is 10.8. The van der Waals surface area contributed by atoms with E-state index in [9.17, 15) is 0 Å². The molecule has 0 aliphatic carbocycles. The van der Waals surface area contributed by atoms with Crippen LogP contribution in [-0.2, 0) is 10.3 Å². The Labute approximate surface area is 140 Å². The van der Waals surface area contributed by atoms with Crippen LogP contribution in [0.2, 0.25) is 0 Å². The highest BCUT2D eigenvalue weighted by molar-refractivity contribution is 5.89. The second-order valence-corrected chi connectivity index (χ2v) is 7.22. The zero-order chi connectivity index (χ0) is 17.1. The lowest BCUT2D eigenvalue weighted by Gasteiger charge is -2.33. The van der Waals surface area contributed by atoms with Gasteiger partial charge in [0.1, 0.15) is 5.75 Å². The van der Waals surface area contributed by atoms with Crippen LogP contribution in [0.15, 0.2) is 36.4 Å². The molecular weight excluding hydrogens is 284 g/mol. The van der Waals surface area contributed by atoms with E-state index in [1.54, 1.807) is 7.11 Å². The molecule has 0 saturated carbocycles. The van der Waals surface area contributed by atoms with E-state index >= 15 is 0 Å². The quantitative estimate of drug-likeness (QED) is 0.631. The van der Waals surface area contributed by atoms with Crippen LogP contribution >= 0.6 is 0 Å². The predicted molar refractivity (Wildman–Crippen MR) is 98.2 cm³/mol. The Morgan fingerprint density at radius 1 is 0.957 bits per heavy atom. The van der Waals surface area contributed by atoms with Gasteiger partial charge in [0.2, 0.25) is 0 Å². The lowest BCUT2D eigenvalue weighted by molar-refractivity contribution is -0.0651. The molecule has 0 aliphatic heterocycles. The molecule has 0 spiro atoms. The highest BCUT2D eigenvalue weighted by Crippen LogP contribution is 2.36. The second kappa shape index (κ2) is 6.92. The first-order valence-corrected chi connectivity index (χ1v) is 8.56. The second-order valence-electron chi connectivity index (χ2n) is 7.22. The molecule has 0 aromatic heterocycles. The van der Waals surface area contributed by atoms with Gasteiger partial charge in [0.05, 0.1) is 19.3 Å². The molecule has 2 heteroatoms. The number of fused-ring (bicyclic) bond motifs is 1. The van der Waals surface area contributed by atoms with Gasteiger partial charge in [0, 0.05) is 5.39 Å². The monoisotopic (exact) mass is 314 g/mol. The van der Waals surface area contributed by atoms with E-state index in [0.717, 1.165) is 36.1 Å². The standard InChI is InChI=1S/C21H30O2/c1-7-21(5,8-2)15-23-20(3,4)17-13-16-11-9-10-12-18(16)19(14-17)22-6/h9-14H,7-8,15H2,1-6H3. The normalized spacial score (nSPS) is 12.6. The Bertz CT molecular complexity index is 654.